The molecule has 7 nitrogen and oxygen atoms in total. The van der Waals surface area contributed by atoms with Gasteiger partial charge in [-0.3, -0.25) is 4.98 Å². The van der Waals surface area contributed by atoms with Gasteiger partial charge >= 0.3 is 0 Å². The van der Waals surface area contributed by atoms with E-state index in [1.165, 1.54) is 6.20 Å². The van der Waals surface area contributed by atoms with Crippen LogP contribution < -0.4 is 15.8 Å². The highest BCUT2D eigenvalue weighted by Gasteiger charge is 2.47. The minimum Gasteiger partial charge on any atom is -0.455 e. The average molecular weight is 448 g/mol. The second kappa shape index (κ2) is 8.14. The quantitative estimate of drug-likeness (QED) is 0.581. The lowest BCUT2D eigenvalue weighted by Gasteiger charge is -2.45. The molecular formula is C25H25FN4O3. The molecule has 6 rings (SSSR count). The van der Waals surface area contributed by atoms with Crippen LogP contribution in [0.5, 0.6) is 11.5 Å². The van der Waals surface area contributed by atoms with Gasteiger partial charge in [0.25, 0.3) is 0 Å². The molecule has 3 aliphatic rings. The zero-order valence-electron chi connectivity index (χ0n) is 18.1. The van der Waals surface area contributed by atoms with E-state index < -0.39 is 17.8 Å². The van der Waals surface area contributed by atoms with Crippen LogP contribution in [0.3, 0.4) is 0 Å². The number of morpholine rings is 1. The lowest BCUT2D eigenvalue weighted by atomic mass is 9.80. The SMILES string of the molecule is N[C@@H]1CNCC2(O1)c1cc(-c3cccnc3F)ccc1Oc1cnc(C3CCOCC3)cc12. The minimum absolute atomic E-state index is 0.323. The largest absolute Gasteiger partial charge is 0.455 e. The molecule has 8 heteroatoms. The Hall–Kier alpha value is -2.91. The average Bonchev–Trinajstić information content (AvgIpc) is 2.85. The van der Waals surface area contributed by atoms with Crippen LogP contribution in [0.4, 0.5) is 4.39 Å². The highest BCUT2D eigenvalue weighted by molar-refractivity contribution is 5.68. The zero-order chi connectivity index (χ0) is 22.4. The molecule has 1 spiro atoms. The van der Waals surface area contributed by atoms with Crippen LogP contribution >= 0.6 is 0 Å². The molecule has 0 amide bonds. The number of nitrogens with two attached hydrogens (primary N) is 1. The Labute approximate surface area is 191 Å². The number of rotatable bonds is 2. The first-order chi connectivity index (χ1) is 16.1. The Bertz CT molecular complexity index is 1200. The zero-order valence-corrected chi connectivity index (χ0v) is 18.1. The number of benzene rings is 1. The van der Waals surface area contributed by atoms with Gasteiger partial charge in [-0.15, -0.1) is 0 Å². The first-order valence-corrected chi connectivity index (χ1v) is 11.3. The highest BCUT2D eigenvalue weighted by Crippen LogP contribution is 2.51. The second-order valence-electron chi connectivity index (χ2n) is 8.76. The van der Waals surface area contributed by atoms with Crippen LogP contribution in [0.25, 0.3) is 11.1 Å². The van der Waals surface area contributed by atoms with Gasteiger partial charge in [-0.2, -0.15) is 4.39 Å². The number of ether oxygens (including phenoxy) is 3. The van der Waals surface area contributed by atoms with Crippen molar-refractivity contribution < 1.29 is 18.6 Å². The standard InChI is InChI=1S/C25H25FN4O3/c26-24-17(2-1-7-29-24)16-3-4-21-18(10-16)25(14-28-13-23(27)33-25)19-11-20(30-12-22(19)32-21)15-5-8-31-9-6-15/h1-4,7,10-12,15,23,28H,5-6,8-9,13-14,27H2/t23-,25?/m0/s1. The molecule has 3 N–H and O–H groups in total. The van der Waals surface area contributed by atoms with Gasteiger partial charge in [0, 0.05) is 60.8 Å². The van der Waals surface area contributed by atoms with E-state index in [-0.39, 0.29) is 0 Å². The van der Waals surface area contributed by atoms with Crippen molar-refractivity contribution in [3.05, 3.63) is 71.6 Å². The van der Waals surface area contributed by atoms with Crippen molar-refractivity contribution in [2.75, 3.05) is 26.3 Å². The van der Waals surface area contributed by atoms with Gasteiger partial charge in [0.05, 0.1) is 6.20 Å². The van der Waals surface area contributed by atoms with Crippen molar-refractivity contribution in [2.24, 2.45) is 5.73 Å². The van der Waals surface area contributed by atoms with E-state index >= 15 is 0 Å². The molecule has 1 aromatic carbocycles. The van der Waals surface area contributed by atoms with Gasteiger partial charge in [-0.05, 0) is 48.7 Å². The number of fused-ring (bicyclic) bond motifs is 4. The summed E-state index contributed by atoms with van der Waals surface area (Å²) in [4.78, 5) is 8.52. The Balaban J connectivity index is 1.51. The molecule has 3 aliphatic heterocycles. The Kier molecular flexibility index (Phi) is 5.10. The molecule has 0 bridgehead atoms. The number of aromatic nitrogens is 2. The van der Waals surface area contributed by atoms with Crippen LogP contribution in [0.2, 0.25) is 0 Å². The van der Waals surface area contributed by atoms with Crippen molar-refractivity contribution in [1.29, 1.82) is 0 Å². The van der Waals surface area contributed by atoms with Crippen LogP contribution in [-0.2, 0) is 15.1 Å². The summed E-state index contributed by atoms with van der Waals surface area (Å²) in [7, 11) is 0. The fraction of sp³-hybridized carbons (Fsp3) is 0.360. The van der Waals surface area contributed by atoms with Crippen molar-refractivity contribution in [2.45, 2.75) is 30.6 Å². The maximum Gasteiger partial charge on any atom is 0.220 e. The Morgan fingerprint density at radius 3 is 2.73 bits per heavy atom. The number of pyridine rings is 2. The maximum absolute atomic E-state index is 14.5. The summed E-state index contributed by atoms with van der Waals surface area (Å²) >= 11 is 0. The third-order valence-electron chi connectivity index (χ3n) is 6.74. The summed E-state index contributed by atoms with van der Waals surface area (Å²) in [5.41, 5.74) is 9.22. The van der Waals surface area contributed by atoms with Gasteiger partial charge in [-0.25, -0.2) is 4.98 Å². The molecule has 2 fully saturated rings. The molecule has 33 heavy (non-hydrogen) atoms. The van der Waals surface area contributed by atoms with Crippen LogP contribution in [0, 0.1) is 5.95 Å². The molecule has 0 saturated carbocycles. The summed E-state index contributed by atoms with van der Waals surface area (Å²) in [6.45, 7) is 2.52. The minimum atomic E-state index is -0.877. The van der Waals surface area contributed by atoms with Crippen LogP contribution in [0.1, 0.15) is 35.6 Å². The fourth-order valence-corrected chi connectivity index (χ4v) is 5.09. The predicted molar refractivity (Wildman–Crippen MR) is 119 cm³/mol. The first-order valence-electron chi connectivity index (χ1n) is 11.3. The van der Waals surface area contributed by atoms with E-state index in [4.69, 9.17) is 24.9 Å². The fourth-order valence-electron chi connectivity index (χ4n) is 5.09. The summed E-state index contributed by atoms with van der Waals surface area (Å²) in [6.07, 6.45) is 4.58. The molecule has 0 aliphatic carbocycles. The predicted octanol–water partition coefficient (Wildman–Crippen LogP) is 3.43. The monoisotopic (exact) mass is 448 g/mol. The van der Waals surface area contributed by atoms with Crippen LogP contribution in [0.15, 0.2) is 48.8 Å². The van der Waals surface area contributed by atoms with Gasteiger partial charge in [-0.1, -0.05) is 6.07 Å². The number of nitrogens with zero attached hydrogens (tertiary/aromatic N) is 2. The summed E-state index contributed by atoms with van der Waals surface area (Å²) in [5, 5.41) is 3.41. The van der Waals surface area contributed by atoms with Crippen molar-refractivity contribution in [3.63, 3.8) is 0 Å². The third-order valence-corrected chi connectivity index (χ3v) is 6.74. The Morgan fingerprint density at radius 2 is 1.91 bits per heavy atom. The lowest BCUT2D eigenvalue weighted by molar-refractivity contribution is -0.0971. The smallest absolute Gasteiger partial charge is 0.220 e. The van der Waals surface area contributed by atoms with E-state index in [0.717, 1.165) is 42.9 Å². The number of hydrogen-bond donors (Lipinski definition) is 2. The topological polar surface area (TPSA) is 91.5 Å². The summed E-state index contributed by atoms with van der Waals surface area (Å²) in [6, 6.07) is 11.1. The molecule has 0 radical (unpaired) electrons. The van der Waals surface area contributed by atoms with E-state index in [1.807, 2.05) is 18.2 Å². The van der Waals surface area contributed by atoms with Gasteiger partial charge < -0.3 is 25.3 Å². The maximum atomic E-state index is 14.5. The van der Waals surface area contributed by atoms with Gasteiger partial charge in [0.2, 0.25) is 5.95 Å². The molecule has 2 saturated heterocycles. The van der Waals surface area contributed by atoms with Crippen molar-refractivity contribution in [1.82, 2.24) is 15.3 Å². The molecule has 2 aromatic heterocycles. The molecular weight excluding hydrogens is 423 g/mol. The highest BCUT2D eigenvalue weighted by atomic mass is 19.1. The van der Waals surface area contributed by atoms with E-state index in [9.17, 15) is 4.39 Å². The molecule has 3 aromatic rings. The molecule has 5 heterocycles. The Morgan fingerprint density at radius 1 is 1.06 bits per heavy atom. The number of halogens is 1. The van der Waals surface area contributed by atoms with Crippen molar-refractivity contribution in [3.8, 4) is 22.6 Å². The second-order valence-corrected chi connectivity index (χ2v) is 8.76. The van der Waals surface area contributed by atoms with Gasteiger partial charge in [0.1, 0.15) is 17.6 Å². The first kappa shape index (κ1) is 20.7. The molecule has 1 unspecified atom stereocenters. The van der Waals surface area contributed by atoms with E-state index in [1.54, 1.807) is 18.3 Å². The summed E-state index contributed by atoms with van der Waals surface area (Å²) < 4.78 is 32.8. The van der Waals surface area contributed by atoms with Gasteiger partial charge in [0.15, 0.2) is 5.75 Å². The van der Waals surface area contributed by atoms with E-state index in [2.05, 4.69) is 16.4 Å². The molecule has 170 valence electrons. The number of hydrogen-bond acceptors (Lipinski definition) is 7. The van der Waals surface area contributed by atoms with E-state index in [0.29, 0.717) is 41.6 Å². The van der Waals surface area contributed by atoms with Crippen molar-refractivity contribution >= 4 is 0 Å². The lowest BCUT2D eigenvalue weighted by Crippen LogP contribution is -2.56. The van der Waals surface area contributed by atoms with Crippen LogP contribution in [-0.4, -0.2) is 42.5 Å². The third kappa shape index (κ3) is 3.50. The number of nitrogens with one attached hydrogen (secondary N) is 1. The summed E-state index contributed by atoms with van der Waals surface area (Å²) in [5.74, 6) is 1.10. The molecule has 2 atom stereocenters. The normalized spacial score (nSPS) is 24.7.